The van der Waals surface area contributed by atoms with Crippen molar-refractivity contribution in [2.24, 2.45) is 0 Å². The van der Waals surface area contributed by atoms with Crippen molar-refractivity contribution in [2.75, 3.05) is 13.2 Å². The molecule has 16 heavy (non-hydrogen) atoms. The molecule has 1 aromatic rings. The van der Waals surface area contributed by atoms with Crippen LogP contribution in [0.3, 0.4) is 0 Å². The summed E-state index contributed by atoms with van der Waals surface area (Å²) < 4.78 is 5.60. The van der Waals surface area contributed by atoms with Gasteiger partial charge in [0.15, 0.2) is 0 Å². The van der Waals surface area contributed by atoms with Gasteiger partial charge < -0.3 is 4.74 Å². The summed E-state index contributed by atoms with van der Waals surface area (Å²) in [5.74, 6) is 0. The maximum Gasteiger partial charge on any atom is 0.0716 e. The number of benzene rings is 1. The maximum absolute atomic E-state index is 5.60. The number of ether oxygens (including phenoxy) is 1. The van der Waals surface area contributed by atoms with E-state index in [0.29, 0.717) is 6.61 Å². The van der Waals surface area contributed by atoms with Crippen LogP contribution >= 0.6 is 0 Å². The zero-order valence-electron chi connectivity index (χ0n) is 10.2. The lowest BCUT2D eigenvalue weighted by molar-refractivity contribution is 0.162. The highest BCUT2D eigenvalue weighted by Crippen LogP contribution is 2.11. The van der Waals surface area contributed by atoms with Crippen molar-refractivity contribution in [3.8, 4) is 0 Å². The standard InChI is InChI=1S/C15H22O/c1-3-4-5-9-12-16-13-14(2)15-10-7-6-8-11-15/h6-8,10-11H,2-5,9,12-13H2,1H3. The van der Waals surface area contributed by atoms with Gasteiger partial charge in [-0.2, -0.15) is 0 Å². The van der Waals surface area contributed by atoms with E-state index in [1.54, 1.807) is 0 Å². The molecule has 0 aliphatic rings. The molecule has 1 rings (SSSR count). The predicted octanol–water partition coefficient (Wildman–Crippen LogP) is 4.30. The quantitative estimate of drug-likeness (QED) is 0.591. The minimum absolute atomic E-state index is 0.649. The molecule has 0 heterocycles. The van der Waals surface area contributed by atoms with Crippen LogP contribution in [-0.4, -0.2) is 13.2 Å². The first kappa shape index (κ1) is 13.0. The third kappa shape index (κ3) is 5.13. The molecule has 0 aromatic heterocycles. The van der Waals surface area contributed by atoms with Gasteiger partial charge in [-0.3, -0.25) is 0 Å². The maximum atomic E-state index is 5.60. The van der Waals surface area contributed by atoms with Crippen LogP contribution in [0.2, 0.25) is 0 Å². The van der Waals surface area contributed by atoms with Crippen LogP contribution in [0.4, 0.5) is 0 Å². The van der Waals surface area contributed by atoms with Crippen molar-refractivity contribution in [1.82, 2.24) is 0 Å². The highest BCUT2D eigenvalue weighted by atomic mass is 16.5. The molecule has 0 aliphatic carbocycles. The minimum Gasteiger partial charge on any atom is -0.377 e. The molecule has 0 fully saturated rings. The van der Waals surface area contributed by atoms with Gasteiger partial charge in [0.05, 0.1) is 6.61 Å². The average Bonchev–Trinajstić information content (AvgIpc) is 2.34. The van der Waals surface area contributed by atoms with E-state index >= 15 is 0 Å². The summed E-state index contributed by atoms with van der Waals surface area (Å²) in [5, 5.41) is 0. The topological polar surface area (TPSA) is 9.23 Å². The molecule has 0 atom stereocenters. The van der Waals surface area contributed by atoms with Crippen LogP contribution in [0, 0.1) is 0 Å². The van der Waals surface area contributed by atoms with Gasteiger partial charge in [0.2, 0.25) is 0 Å². The predicted molar refractivity (Wildman–Crippen MR) is 70.4 cm³/mol. The van der Waals surface area contributed by atoms with Gasteiger partial charge in [-0.05, 0) is 17.6 Å². The van der Waals surface area contributed by atoms with E-state index < -0.39 is 0 Å². The second kappa shape index (κ2) is 8.12. The van der Waals surface area contributed by atoms with Gasteiger partial charge >= 0.3 is 0 Å². The van der Waals surface area contributed by atoms with Crippen LogP contribution in [0.25, 0.3) is 5.57 Å². The molecule has 1 heteroatoms. The normalized spacial score (nSPS) is 10.3. The highest BCUT2D eigenvalue weighted by molar-refractivity contribution is 5.63. The van der Waals surface area contributed by atoms with E-state index in [1.165, 1.54) is 24.8 Å². The van der Waals surface area contributed by atoms with E-state index in [9.17, 15) is 0 Å². The number of hydrogen-bond donors (Lipinski definition) is 0. The molecule has 1 nitrogen and oxygen atoms in total. The zero-order chi connectivity index (χ0) is 11.6. The Bertz CT molecular complexity index is 290. The summed E-state index contributed by atoms with van der Waals surface area (Å²) in [7, 11) is 0. The first-order valence-corrected chi connectivity index (χ1v) is 6.15. The Morgan fingerprint density at radius 2 is 1.88 bits per heavy atom. The molecule has 0 saturated carbocycles. The molecule has 0 spiro atoms. The number of unbranched alkanes of at least 4 members (excludes halogenated alkanes) is 3. The second-order valence-electron chi connectivity index (χ2n) is 4.08. The molecule has 0 radical (unpaired) electrons. The van der Waals surface area contributed by atoms with Gasteiger partial charge in [-0.15, -0.1) is 0 Å². The fraction of sp³-hybridized carbons (Fsp3) is 0.467. The molecule has 0 N–H and O–H groups in total. The van der Waals surface area contributed by atoms with Gasteiger partial charge in [-0.1, -0.05) is 63.1 Å². The van der Waals surface area contributed by atoms with Crippen molar-refractivity contribution in [2.45, 2.75) is 32.6 Å². The summed E-state index contributed by atoms with van der Waals surface area (Å²) in [6.07, 6.45) is 5.02. The Morgan fingerprint density at radius 3 is 2.56 bits per heavy atom. The molecule has 0 aliphatic heterocycles. The summed E-state index contributed by atoms with van der Waals surface area (Å²) in [6, 6.07) is 10.2. The number of hydrogen-bond acceptors (Lipinski definition) is 1. The van der Waals surface area contributed by atoms with Crippen molar-refractivity contribution in [1.29, 1.82) is 0 Å². The minimum atomic E-state index is 0.649. The van der Waals surface area contributed by atoms with Gasteiger partial charge in [0.1, 0.15) is 0 Å². The summed E-state index contributed by atoms with van der Waals surface area (Å²) in [5.41, 5.74) is 2.24. The van der Waals surface area contributed by atoms with Crippen LogP contribution < -0.4 is 0 Å². The van der Waals surface area contributed by atoms with Crippen LogP contribution in [-0.2, 0) is 4.74 Å². The largest absolute Gasteiger partial charge is 0.377 e. The molecule has 0 saturated heterocycles. The summed E-state index contributed by atoms with van der Waals surface area (Å²) >= 11 is 0. The Morgan fingerprint density at radius 1 is 1.12 bits per heavy atom. The zero-order valence-corrected chi connectivity index (χ0v) is 10.2. The van der Waals surface area contributed by atoms with Gasteiger partial charge in [0, 0.05) is 6.61 Å². The molecule has 0 bridgehead atoms. The highest BCUT2D eigenvalue weighted by Gasteiger charge is 1.97. The lowest BCUT2D eigenvalue weighted by atomic mass is 10.1. The Labute approximate surface area is 99.1 Å². The van der Waals surface area contributed by atoms with Crippen molar-refractivity contribution < 1.29 is 4.74 Å². The Balaban J connectivity index is 2.12. The van der Waals surface area contributed by atoms with E-state index in [0.717, 1.165) is 18.6 Å². The lowest BCUT2D eigenvalue weighted by Crippen LogP contribution is -1.99. The van der Waals surface area contributed by atoms with Crippen LogP contribution in [0.15, 0.2) is 36.9 Å². The fourth-order valence-corrected chi connectivity index (χ4v) is 1.58. The smallest absolute Gasteiger partial charge is 0.0716 e. The Kier molecular flexibility index (Phi) is 6.59. The first-order valence-electron chi connectivity index (χ1n) is 6.15. The fourth-order valence-electron chi connectivity index (χ4n) is 1.58. The second-order valence-corrected chi connectivity index (χ2v) is 4.08. The molecular formula is C15H22O. The van der Waals surface area contributed by atoms with Crippen LogP contribution in [0.1, 0.15) is 38.2 Å². The van der Waals surface area contributed by atoms with Crippen molar-refractivity contribution >= 4 is 5.57 Å². The SMILES string of the molecule is C=C(COCCCCCC)c1ccccc1. The van der Waals surface area contributed by atoms with Crippen molar-refractivity contribution in [3.63, 3.8) is 0 Å². The lowest BCUT2D eigenvalue weighted by Gasteiger charge is -2.07. The van der Waals surface area contributed by atoms with Gasteiger partial charge in [0.25, 0.3) is 0 Å². The van der Waals surface area contributed by atoms with E-state index in [-0.39, 0.29) is 0 Å². The number of rotatable bonds is 8. The Hall–Kier alpha value is -1.08. The van der Waals surface area contributed by atoms with Gasteiger partial charge in [-0.25, -0.2) is 0 Å². The van der Waals surface area contributed by atoms with Crippen molar-refractivity contribution in [3.05, 3.63) is 42.5 Å². The first-order chi connectivity index (χ1) is 7.84. The molecule has 1 aromatic carbocycles. The van der Waals surface area contributed by atoms with E-state index in [2.05, 4.69) is 25.6 Å². The molecule has 0 unspecified atom stereocenters. The molecular weight excluding hydrogens is 196 g/mol. The molecule has 88 valence electrons. The molecule has 0 amide bonds. The summed E-state index contributed by atoms with van der Waals surface area (Å²) in [6.45, 7) is 7.76. The third-order valence-electron chi connectivity index (χ3n) is 2.60. The third-order valence-corrected chi connectivity index (χ3v) is 2.60. The van der Waals surface area contributed by atoms with E-state index in [4.69, 9.17) is 4.74 Å². The monoisotopic (exact) mass is 218 g/mol. The summed E-state index contributed by atoms with van der Waals surface area (Å²) in [4.78, 5) is 0. The van der Waals surface area contributed by atoms with Crippen LogP contribution in [0.5, 0.6) is 0 Å². The van der Waals surface area contributed by atoms with E-state index in [1.807, 2.05) is 18.2 Å². The average molecular weight is 218 g/mol.